The van der Waals surface area contributed by atoms with Gasteiger partial charge in [-0.2, -0.15) is 5.10 Å². The number of benzene rings is 1. The molecule has 2 heterocycles. The Morgan fingerprint density at radius 1 is 1.38 bits per heavy atom. The molecule has 1 aromatic rings. The summed E-state index contributed by atoms with van der Waals surface area (Å²) in [6.07, 6.45) is 1.61. The van der Waals surface area contributed by atoms with Gasteiger partial charge in [-0.1, -0.05) is 24.3 Å². The van der Waals surface area contributed by atoms with E-state index in [4.69, 9.17) is 9.57 Å². The third-order valence-electron chi connectivity index (χ3n) is 2.18. The maximum absolute atomic E-state index is 5.37. The standard InChI is InChI=1S/C9H8N2O2/c1-2-4-8-7(3-1)5-10-11-9(8)12-6-13-11/h1-5,9H,6H2. The molecule has 13 heavy (non-hydrogen) atoms. The van der Waals surface area contributed by atoms with Crippen molar-refractivity contribution in [2.75, 3.05) is 6.79 Å². The third kappa shape index (κ3) is 0.961. The summed E-state index contributed by atoms with van der Waals surface area (Å²) < 4.78 is 5.37. The van der Waals surface area contributed by atoms with E-state index in [-0.39, 0.29) is 13.0 Å². The highest BCUT2D eigenvalue weighted by atomic mass is 16.9. The van der Waals surface area contributed by atoms with E-state index in [1.165, 1.54) is 5.17 Å². The summed E-state index contributed by atoms with van der Waals surface area (Å²) in [6, 6.07) is 8.00. The van der Waals surface area contributed by atoms with Gasteiger partial charge in [-0.3, -0.25) is 0 Å². The number of fused-ring (bicyclic) bond motifs is 3. The van der Waals surface area contributed by atoms with Crippen molar-refractivity contribution in [1.82, 2.24) is 5.17 Å². The molecule has 2 aliphatic rings. The van der Waals surface area contributed by atoms with Gasteiger partial charge in [-0.05, 0) is 0 Å². The van der Waals surface area contributed by atoms with E-state index in [0.717, 1.165) is 11.1 Å². The minimum atomic E-state index is -0.166. The summed E-state index contributed by atoms with van der Waals surface area (Å²) in [5.74, 6) is 0. The number of hydrazone groups is 1. The van der Waals surface area contributed by atoms with Crippen LogP contribution in [0.2, 0.25) is 0 Å². The Morgan fingerprint density at radius 3 is 3.31 bits per heavy atom. The summed E-state index contributed by atoms with van der Waals surface area (Å²) in [6.45, 7) is 0.274. The number of ether oxygens (including phenoxy) is 1. The zero-order valence-electron chi connectivity index (χ0n) is 6.88. The number of hydrogen-bond acceptors (Lipinski definition) is 4. The summed E-state index contributed by atoms with van der Waals surface area (Å²) in [7, 11) is 0. The normalized spacial score (nSPS) is 24.3. The summed E-state index contributed by atoms with van der Waals surface area (Å²) in [5, 5.41) is 5.58. The van der Waals surface area contributed by atoms with Crippen LogP contribution in [0.3, 0.4) is 0 Å². The van der Waals surface area contributed by atoms with Crippen molar-refractivity contribution in [2.45, 2.75) is 6.23 Å². The van der Waals surface area contributed by atoms with Crippen molar-refractivity contribution in [1.29, 1.82) is 0 Å². The molecule has 1 saturated heterocycles. The van der Waals surface area contributed by atoms with Crippen LogP contribution >= 0.6 is 0 Å². The molecule has 0 spiro atoms. The van der Waals surface area contributed by atoms with Gasteiger partial charge in [0.2, 0.25) is 6.23 Å². The van der Waals surface area contributed by atoms with Crippen LogP contribution in [-0.4, -0.2) is 18.2 Å². The smallest absolute Gasteiger partial charge is 0.202 e. The van der Waals surface area contributed by atoms with Crippen molar-refractivity contribution in [3.8, 4) is 0 Å². The predicted molar refractivity (Wildman–Crippen MR) is 45.7 cm³/mol. The topological polar surface area (TPSA) is 34.1 Å². The van der Waals surface area contributed by atoms with Gasteiger partial charge in [0.25, 0.3) is 0 Å². The molecule has 4 nitrogen and oxygen atoms in total. The molecule has 1 atom stereocenters. The van der Waals surface area contributed by atoms with E-state index >= 15 is 0 Å². The summed E-state index contributed by atoms with van der Waals surface area (Å²) in [5.41, 5.74) is 2.20. The average Bonchev–Trinajstić information content (AvgIpc) is 2.65. The first kappa shape index (κ1) is 7.06. The highest BCUT2D eigenvalue weighted by Gasteiger charge is 2.31. The Morgan fingerprint density at radius 2 is 2.31 bits per heavy atom. The van der Waals surface area contributed by atoms with E-state index in [1.807, 2.05) is 24.3 Å². The Hall–Kier alpha value is -1.39. The number of hydrogen-bond donors (Lipinski definition) is 0. The van der Waals surface area contributed by atoms with Crippen LogP contribution in [0.25, 0.3) is 0 Å². The molecule has 0 aromatic heterocycles. The molecule has 1 unspecified atom stereocenters. The molecule has 0 amide bonds. The van der Waals surface area contributed by atoms with Crippen LogP contribution in [0.15, 0.2) is 29.4 Å². The predicted octanol–water partition coefficient (Wildman–Crippen LogP) is 1.25. The maximum Gasteiger partial charge on any atom is 0.202 e. The zero-order chi connectivity index (χ0) is 8.67. The van der Waals surface area contributed by atoms with Gasteiger partial charge in [-0.25, -0.2) is 4.84 Å². The molecule has 1 fully saturated rings. The maximum atomic E-state index is 5.37. The highest BCUT2D eigenvalue weighted by Crippen LogP contribution is 2.32. The minimum Gasteiger partial charge on any atom is -0.321 e. The van der Waals surface area contributed by atoms with Gasteiger partial charge in [0.1, 0.15) is 0 Å². The first-order valence-corrected chi connectivity index (χ1v) is 4.12. The molecule has 66 valence electrons. The Labute approximate surface area is 75.3 Å². The Balaban J connectivity index is 2.13. The first-order valence-electron chi connectivity index (χ1n) is 4.12. The zero-order valence-corrected chi connectivity index (χ0v) is 6.88. The molecule has 1 aromatic carbocycles. The molecular formula is C9H8N2O2. The highest BCUT2D eigenvalue weighted by molar-refractivity contribution is 5.82. The van der Waals surface area contributed by atoms with Crippen molar-refractivity contribution >= 4 is 6.21 Å². The first-order chi connectivity index (χ1) is 6.45. The lowest BCUT2D eigenvalue weighted by Gasteiger charge is -2.22. The fourth-order valence-electron chi connectivity index (χ4n) is 1.56. The van der Waals surface area contributed by atoms with E-state index in [0.29, 0.717) is 0 Å². The lowest BCUT2D eigenvalue weighted by molar-refractivity contribution is -0.133. The van der Waals surface area contributed by atoms with Crippen LogP contribution < -0.4 is 0 Å². The van der Waals surface area contributed by atoms with E-state index in [1.54, 1.807) is 6.21 Å². The Kier molecular flexibility index (Phi) is 1.38. The van der Waals surface area contributed by atoms with Crippen LogP contribution in [0.4, 0.5) is 0 Å². The van der Waals surface area contributed by atoms with Crippen molar-refractivity contribution in [3.63, 3.8) is 0 Å². The second-order valence-corrected chi connectivity index (χ2v) is 2.94. The molecule has 4 heteroatoms. The van der Waals surface area contributed by atoms with Crippen LogP contribution in [0, 0.1) is 0 Å². The number of hydroxylamine groups is 1. The molecule has 0 aliphatic carbocycles. The van der Waals surface area contributed by atoms with Crippen molar-refractivity contribution in [2.24, 2.45) is 5.10 Å². The monoisotopic (exact) mass is 176 g/mol. The molecule has 2 aliphatic heterocycles. The molecule has 3 rings (SSSR count). The van der Waals surface area contributed by atoms with Gasteiger partial charge in [0.05, 0.1) is 6.21 Å². The largest absolute Gasteiger partial charge is 0.321 e. The lowest BCUT2D eigenvalue weighted by atomic mass is 10.1. The number of rotatable bonds is 0. The van der Waals surface area contributed by atoms with Crippen molar-refractivity contribution < 1.29 is 9.57 Å². The molecule has 0 N–H and O–H groups in total. The second-order valence-electron chi connectivity index (χ2n) is 2.94. The third-order valence-corrected chi connectivity index (χ3v) is 2.18. The van der Waals surface area contributed by atoms with E-state index < -0.39 is 0 Å². The Bertz CT molecular complexity index is 364. The van der Waals surface area contributed by atoms with Crippen LogP contribution in [-0.2, 0) is 9.57 Å². The molecule has 0 saturated carbocycles. The number of nitrogens with zero attached hydrogens (tertiary/aromatic N) is 2. The summed E-state index contributed by atoms with van der Waals surface area (Å²) >= 11 is 0. The fourth-order valence-corrected chi connectivity index (χ4v) is 1.56. The molecule has 0 radical (unpaired) electrons. The van der Waals surface area contributed by atoms with Crippen molar-refractivity contribution in [3.05, 3.63) is 35.4 Å². The van der Waals surface area contributed by atoms with Crippen LogP contribution in [0.5, 0.6) is 0 Å². The molecular weight excluding hydrogens is 168 g/mol. The van der Waals surface area contributed by atoms with Gasteiger partial charge < -0.3 is 4.74 Å². The second kappa shape index (κ2) is 2.55. The van der Waals surface area contributed by atoms with Gasteiger partial charge in [-0.15, -0.1) is 5.17 Å². The van der Waals surface area contributed by atoms with E-state index in [2.05, 4.69) is 5.10 Å². The van der Waals surface area contributed by atoms with Crippen LogP contribution in [0.1, 0.15) is 17.4 Å². The van der Waals surface area contributed by atoms with E-state index in [9.17, 15) is 0 Å². The van der Waals surface area contributed by atoms with Gasteiger partial charge in [0.15, 0.2) is 6.79 Å². The SMILES string of the molecule is C1=NN2OCOC2c2ccccc21. The quantitative estimate of drug-likeness (QED) is 0.596. The minimum absolute atomic E-state index is 0.166. The average molecular weight is 176 g/mol. The fraction of sp³-hybridized carbons (Fsp3) is 0.222. The molecule has 0 bridgehead atoms. The lowest BCUT2D eigenvalue weighted by Crippen LogP contribution is -2.21. The van der Waals surface area contributed by atoms with Gasteiger partial charge in [0, 0.05) is 11.1 Å². The van der Waals surface area contributed by atoms with Gasteiger partial charge >= 0.3 is 0 Å². The summed E-state index contributed by atoms with van der Waals surface area (Å²) in [4.78, 5) is 5.13.